The predicted octanol–water partition coefficient (Wildman–Crippen LogP) is 13.4. The van der Waals surface area contributed by atoms with Crippen LogP contribution in [0.2, 0.25) is 10.3 Å². The molecule has 63 heavy (non-hydrogen) atoms. The summed E-state index contributed by atoms with van der Waals surface area (Å²) in [6.45, 7) is 5.11. The van der Waals surface area contributed by atoms with Crippen LogP contribution in [0.1, 0.15) is 69.1 Å². The van der Waals surface area contributed by atoms with Gasteiger partial charge in [0.1, 0.15) is 33.9 Å². The Bertz CT molecular complexity index is 2510. The fourth-order valence-electron chi connectivity index (χ4n) is 6.36. The van der Waals surface area contributed by atoms with E-state index < -0.39 is 0 Å². The summed E-state index contributed by atoms with van der Waals surface area (Å²) in [6, 6.07) is 23.0. The summed E-state index contributed by atoms with van der Waals surface area (Å²) in [6.07, 6.45) is 5.11. The number of carbonyl (C=O) groups is 2. The molecule has 0 saturated carbocycles. The molecule has 0 amide bonds. The van der Waals surface area contributed by atoms with Gasteiger partial charge in [0.15, 0.2) is 5.15 Å². The van der Waals surface area contributed by atoms with E-state index in [-0.39, 0.29) is 22.6 Å². The van der Waals surface area contributed by atoms with Gasteiger partial charge in [0.05, 0.1) is 56.5 Å². The number of carbonyl (C=O) groups excluding carboxylic acids is 2. The number of hydrogen-bond donors (Lipinski definition) is 3. The minimum Gasteiger partial charge on any atom is -0.497 e. The lowest BCUT2D eigenvalue weighted by Gasteiger charge is -2.18. The number of anilines is 3. The molecule has 0 aliphatic rings. The van der Waals surface area contributed by atoms with Crippen molar-refractivity contribution in [3.63, 3.8) is 0 Å². The topological polar surface area (TPSA) is 147 Å². The Hall–Kier alpha value is -4.53. The maximum atomic E-state index is 12.6. The van der Waals surface area contributed by atoms with Crippen LogP contribution < -0.4 is 35.3 Å². The number of pyridine rings is 2. The number of aromatic nitrogens is 2. The zero-order valence-corrected chi connectivity index (χ0v) is 41.5. The lowest BCUT2D eigenvalue weighted by atomic mass is 10.0. The summed E-state index contributed by atoms with van der Waals surface area (Å²) in [4.78, 5) is 31.4. The number of nitrogens with one attached hydrogen (secondary N) is 2. The molecule has 6 rings (SSSR count). The highest BCUT2D eigenvalue weighted by molar-refractivity contribution is 9.10. The Morgan fingerprint density at radius 1 is 0.651 bits per heavy atom. The fourth-order valence-corrected chi connectivity index (χ4v) is 7.65. The van der Waals surface area contributed by atoms with Gasteiger partial charge in [-0.3, -0.25) is 9.59 Å². The monoisotopic (exact) mass is 1050 g/mol. The third-order valence-electron chi connectivity index (χ3n) is 9.75. The molecule has 0 aliphatic carbocycles. The van der Waals surface area contributed by atoms with Crippen LogP contribution in [0.3, 0.4) is 0 Å². The maximum Gasteiger partial charge on any atom is 0.221 e. The van der Waals surface area contributed by atoms with Crippen molar-refractivity contribution in [2.45, 2.75) is 71.9 Å². The van der Waals surface area contributed by atoms with Crippen LogP contribution in [0.4, 0.5) is 17.1 Å². The first-order valence-corrected chi connectivity index (χ1v) is 22.9. The molecule has 0 saturated heterocycles. The van der Waals surface area contributed by atoms with Gasteiger partial charge in [-0.25, -0.2) is 9.97 Å². The first-order chi connectivity index (χ1) is 30.3. The van der Waals surface area contributed by atoms with E-state index in [1.54, 1.807) is 28.4 Å². The molecule has 0 aliphatic heterocycles. The number of nitrogens with zero attached hydrogens (tertiary/aromatic N) is 2. The lowest BCUT2D eigenvalue weighted by Crippen LogP contribution is -2.10. The molecule has 6 aromatic rings. The van der Waals surface area contributed by atoms with Crippen LogP contribution in [0.25, 0.3) is 21.8 Å². The van der Waals surface area contributed by atoms with Crippen molar-refractivity contribution in [2.75, 3.05) is 44.8 Å². The number of ketones is 1. The Kier molecular flexibility index (Phi) is 20.8. The molecule has 0 unspecified atom stereocenters. The SMILES string of the molecule is CCCCC(=O)Cc1c(Cl)nc2ccc(Br)cc2c1NCc1ccc(OC)cc1OC.CCCCC(=O)Cl.COc1ccc(CNc2c(N)c(Cl)nc3ccc(Br)cc23)c(OC)c1. The molecular formula is C47H52Br2Cl3N5O6. The normalized spacial score (nSPS) is 10.6. The number of unbranched alkanes of at least 4 members (excludes halogenated alkanes) is 2. The molecule has 0 spiro atoms. The van der Waals surface area contributed by atoms with Gasteiger partial charge < -0.3 is 35.3 Å². The Morgan fingerprint density at radius 3 is 1.59 bits per heavy atom. The van der Waals surface area contributed by atoms with Crippen LogP contribution in [-0.4, -0.2) is 49.4 Å². The van der Waals surface area contributed by atoms with Crippen LogP contribution in [0.5, 0.6) is 23.0 Å². The highest BCUT2D eigenvalue weighted by atomic mass is 79.9. The van der Waals surface area contributed by atoms with E-state index in [0.29, 0.717) is 36.8 Å². The predicted molar refractivity (Wildman–Crippen MR) is 266 cm³/mol. The first kappa shape index (κ1) is 51.1. The number of fused-ring (bicyclic) bond motifs is 2. The molecule has 4 aromatic carbocycles. The smallest absolute Gasteiger partial charge is 0.221 e. The number of benzene rings is 4. The Balaban J connectivity index is 0.000000244. The van der Waals surface area contributed by atoms with Crippen molar-refractivity contribution in [2.24, 2.45) is 0 Å². The Morgan fingerprint density at radius 2 is 1.13 bits per heavy atom. The molecule has 2 heterocycles. The molecule has 336 valence electrons. The van der Waals surface area contributed by atoms with Gasteiger partial charge in [-0.05, 0) is 85.1 Å². The summed E-state index contributed by atoms with van der Waals surface area (Å²) < 4.78 is 23.3. The number of rotatable bonds is 18. The van der Waals surface area contributed by atoms with Crippen molar-refractivity contribution in [3.05, 3.63) is 109 Å². The van der Waals surface area contributed by atoms with E-state index in [1.165, 1.54) is 0 Å². The summed E-state index contributed by atoms with van der Waals surface area (Å²) in [5, 5.41) is 9.06. The van der Waals surface area contributed by atoms with Crippen molar-refractivity contribution >= 4 is 117 Å². The minimum absolute atomic E-state index is 0.157. The van der Waals surface area contributed by atoms with Crippen LogP contribution in [0, 0.1) is 0 Å². The molecule has 2 aromatic heterocycles. The second-order valence-electron chi connectivity index (χ2n) is 14.1. The molecule has 0 atom stereocenters. The third-order valence-corrected chi connectivity index (χ3v) is 11.5. The number of nitrogen functional groups attached to an aromatic ring is 1. The van der Waals surface area contributed by atoms with Crippen LogP contribution in [0.15, 0.2) is 81.7 Å². The van der Waals surface area contributed by atoms with Gasteiger partial charge in [0, 0.05) is 80.9 Å². The molecule has 0 fully saturated rings. The zero-order chi connectivity index (χ0) is 46.1. The second-order valence-corrected chi connectivity index (χ2v) is 17.1. The number of halogens is 5. The highest BCUT2D eigenvalue weighted by Crippen LogP contribution is 2.37. The van der Waals surface area contributed by atoms with Crippen molar-refractivity contribution in [1.29, 1.82) is 0 Å². The van der Waals surface area contributed by atoms with Crippen molar-refractivity contribution in [1.82, 2.24) is 9.97 Å². The van der Waals surface area contributed by atoms with E-state index >= 15 is 0 Å². The number of hydrogen-bond acceptors (Lipinski definition) is 11. The average Bonchev–Trinajstić information content (AvgIpc) is 3.28. The molecular weight excluding hydrogens is 997 g/mol. The van der Waals surface area contributed by atoms with Gasteiger partial charge in [0.25, 0.3) is 0 Å². The summed E-state index contributed by atoms with van der Waals surface area (Å²) in [7, 11) is 6.50. The summed E-state index contributed by atoms with van der Waals surface area (Å²) >= 11 is 24.8. The zero-order valence-electron chi connectivity index (χ0n) is 36.1. The Labute approximate surface area is 400 Å². The average molecular weight is 1050 g/mol. The highest BCUT2D eigenvalue weighted by Gasteiger charge is 2.19. The van der Waals surface area contributed by atoms with Crippen molar-refractivity contribution in [3.8, 4) is 23.0 Å². The van der Waals surface area contributed by atoms with Crippen LogP contribution >= 0.6 is 66.7 Å². The molecule has 0 bridgehead atoms. The molecule has 0 radical (unpaired) electrons. The van der Waals surface area contributed by atoms with E-state index in [9.17, 15) is 9.59 Å². The number of ether oxygens (including phenoxy) is 4. The minimum atomic E-state index is -0.221. The van der Waals surface area contributed by atoms with Gasteiger partial charge in [-0.2, -0.15) is 0 Å². The van der Waals surface area contributed by atoms with Gasteiger partial charge in [0.2, 0.25) is 5.24 Å². The molecule has 16 heteroatoms. The van der Waals surface area contributed by atoms with Crippen LogP contribution in [-0.2, 0) is 29.1 Å². The largest absolute Gasteiger partial charge is 0.497 e. The quantitative estimate of drug-likeness (QED) is 0.0558. The summed E-state index contributed by atoms with van der Waals surface area (Å²) in [5.41, 5.74) is 12.3. The number of methoxy groups -OCH3 is 4. The fraction of sp³-hybridized carbons (Fsp3) is 0.319. The van der Waals surface area contributed by atoms with E-state index in [0.717, 1.165) is 107 Å². The second kappa shape index (κ2) is 25.7. The van der Waals surface area contributed by atoms with Gasteiger partial charge in [-0.15, -0.1) is 0 Å². The summed E-state index contributed by atoms with van der Waals surface area (Å²) in [5.74, 6) is 3.07. The standard InChI is InChI=1S/C24H26BrClN2O3.C18H17BrClN3O2.C5H9ClO/c1-4-5-6-17(29)12-20-23(19-11-16(25)8-10-21(19)28-24(20)26)27-14-15-7-9-18(30-2)13-22(15)31-3;1-24-12-5-3-10(15(8-12)25-2)9-22-17-13-7-11(19)4-6-14(13)23-18(20)16(17)21;1-2-3-4-5(6)7/h7-11,13H,4-6,12,14H2,1-3H3,(H,27,28);3-8H,9,21H2,1-2H3,(H,22,23);2-4H2,1H3. The van der Waals surface area contributed by atoms with E-state index in [2.05, 4.69) is 59.4 Å². The molecule has 11 nitrogen and oxygen atoms in total. The third kappa shape index (κ3) is 14.8. The maximum absolute atomic E-state index is 12.6. The molecule has 4 N–H and O–H groups in total. The first-order valence-electron chi connectivity index (χ1n) is 20.2. The van der Waals surface area contributed by atoms with Crippen molar-refractivity contribution < 1.29 is 28.5 Å². The van der Waals surface area contributed by atoms with E-state index in [1.807, 2.05) is 79.7 Å². The van der Waals surface area contributed by atoms with E-state index in [4.69, 9.17) is 59.5 Å². The van der Waals surface area contributed by atoms with Gasteiger partial charge >= 0.3 is 0 Å². The van der Waals surface area contributed by atoms with Gasteiger partial charge in [-0.1, -0.05) is 81.8 Å². The number of Topliss-reactive ketones (excluding diaryl/α,β-unsaturated/α-hetero) is 1. The lowest BCUT2D eigenvalue weighted by molar-refractivity contribution is -0.118. The number of nitrogens with two attached hydrogens (primary N) is 1.